The van der Waals surface area contributed by atoms with Gasteiger partial charge >= 0.3 is 0 Å². The molecule has 0 unspecified atom stereocenters. The predicted octanol–water partition coefficient (Wildman–Crippen LogP) is 1.06. The molecule has 0 spiro atoms. The number of nitrogens with two attached hydrogens (primary N) is 1. The number of methoxy groups -OCH3 is 1. The Morgan fingerprint density at radius 3 is 2.78 bits per heavy atom. The summed E-state index contributed by atoms with van der Waals surface area (Å²) in [6, 6.07) is 3.77. The Bertz CT molecular complexity index is 491. The molecular weight excluding hydrogens is 259 g/mol. The van der Waals surface area contributed by atoms with Crippen molar-refractivity contribution in [3.8, 4) is 0 Å². The van der Waals surface area contributed by atoms with Gasteiger partial charge < -0.3 is 10.5 Å². The number of sulfonamides is 1. The molecule has 0 saturated heterocycles. The lowest BCUT2D eigenvalue weighted by atomic mass is 10.2. The third kappa shape index (κ3) is 4.59. The molecular formula is C11H17FN2O3S. The van der Waals surface area contributed by atoms with Gasteiger partial charge in [0.25, 0.3) is 0 Å². The van der Waals surface area contributed by atoms with E-state index in [1.807, 2.05) is 0 Å². The topological polar surface area (TPSA) is 81.4 Å². The van der Waals surface area contributed by atoms with Crippen molar-refractivity contribution in [3.05, 3.63) is 29.6 Å². The van der Waals surface area contributed by atoms with Crippen LogP contribution in [0.2, 0.25) is 0 Å². The Kier molecular flexibility index (Phi) is 5.52. The third-order valence-electron chi connectivity index (χ3n) is 2.31. The van der Waals surface area contributed by atoms with E-state index >= 15 is 0 Å². The highest BCUT2D eigenvalue weighted by molar-refractivity contribution is 7.92. The van der Waals surface area contributed by atoms with Crippen LogP contribution in [-0.4, -0.2) is 27.9 Å². The van der Waals surface area contributed by atoms with Crippen molar-refractivity contribution in [2.24, 2.45) is 5.73 Å². The fraction of sp³-hybridized carbons (Fsp3) is 0.455. The Labute approximate surface area is 106 Å². The molecule has 5 nitrogen and oxygen atoms in total. The standard InChI is InChI=1S/C11H17FN2O3S/c1-17-5-2-6-18(15,16)14-11-4-3-10(12)7-9(11)8-13/h3-4,7,14H,2,5-6,8,13H2,1H3. The van der Waals surface area contributed by atoms with E-state index in [0.717, 1.165) is 0 Å². The maximum absolute atomic E-state index is 13.0. The minimum atomic E-state index is -3.46. The van der Waals surface area contributed by atoms with Gasteiger partial charge in [0, 0.05) is 20.3 Å². The van der Waals surface area contributed by atoms with Crippen molar-refractivity contribution in [2.75, 3.05) is 24.2 Å². The molecule has 1 aromatic carbocycles. The Hall–Kier alpha value is -1.18. The average molecular weight is 276 g/mol. The molecule has 1 rings (SSSR count). The Morgan fingerprint density at radius 2 is 2.17 bits per heavy atom. The summed E-state index contributed by atoms with van der Waals surface area (Å²) in [5.74, 6) is -0.500. The number of rotatable bonds is 7. The number of ether oxygens (including phenoxy) is 1. The normalized spacial score (nSPS) is 11.5. The zero-order valence-electron chi connectivity index (χ0n) is 10.1. The van der Waals surface area contributed by atoms with Crippen LogP contribution in [0.1, 0.15) is 12.0 Å². The van der Waals surface area contributed by atoms with Crippen LogP contribution in [0.5, 0.6) is 0 Å². The highest BCUT2D eigenvalue weighted by Gasteiger charge is 2.12. The van der Waals surface area contributed by atoms with Gasteiger partial charge in [-0.05, 0) is 30.2 Å². The lowest BCUT2D eigenvalue weighted by Gasteiger charge is -2.11. The molecule has 0 amide bonds. The van der Waals surface area contributed by atoms with E-state index in [-0.39, 0.29) is 12.3 Å². The van der Waals surface area contributed by atoms with Gasteiger partial charge in [-0.25, -0.2) is 12.8 Å². The molecule has 3 N–H and O–H groups in total. The van der Waals surface area contributed by atoms with Crippen LogP contribution in [0.4, 0.5) is 10.1 Å². The second-order valence-corrected chi connectivity index (χ2v) is 5.61. The first-order valence-corrected chi connectivity index (χ1v) is 7.11. The molecule has 0 fully saturated rings. The van der Waals surface area contributed by atoms with Gasteiger partial charge in [0.2, 0.25) is 10.0 Å². The molecule has 0 atom stereocenters. The van der Waals surface area contributed by atoms with Crippen LogP contribution < -0.4 is 10.5 Å². The van der Waals surface area contributed by atoms with Gasteiger partial charge in [-0.3, -0.25) is 4.72 Å². The summed E-state index contributed by atoms with van der Waals surface area (Å²) < 4.78 is 43.6. The summed E-state index contributed by atoms with van der Waals surface area (Å²) in [6.45, 7) is 0.432. The first-order chi connectivity index (χ1) is 8.48. The lowest BCUT2D eigenvalue weighted by Crippen LogP contribution is -2.19. The Balaban J connectivity index is 2.77. The van der Waals surface area contributed by atoms with E-state index in [1.54, 1.807) is 0 Å². The van der Waals surface area contributed by atoms with Crippen molar-refractivity contribution >= 4 is 15.7 Å². The quantitative estimate of drug-likeness (QED) is 0.730. The molecule has 0 aliphatic carbocycles. The van der Waals surface area contributed by atoms with E-state index < -0.39 is 15.8 Å². The second kappa shape index (κ2) is 6.67. The molecule has 0 aliphatic heterocycles. The monoisotopic (exact) mass is 276 g/mol. The number of benzene rings is 1. The maximum atomic E-state index is 13.0. The van der Waals surface area contributed by atoms with Crippen molar-refractivity contribution in [1.29, 1.82) is 0 Å². The fourth-order valence-electron chi connectivity index (χ4n) is 1.44. The SMILES string of the molecule is COCCCS(=O)(=O)Nc1ccc(F)cc1CN. The molecule has 0 radical (unpaired) electrons. The second-order valence-electron chi connectivity index (χ2n) is 3.77. The number of halogens is 1. The predicted molar refractivity (Wildman–Crippen MR) is 68.2 cm³/mol. The number of anilines is 1. The van der Waals surface area contributed by atoms with Gasteiger partial charge in [-0.15, -0.1) is 0 Å². The zero-order valence-corrected chi connectivity index (χ0v) is 11.0. The van der Waals surface area contributed by atoms with Gasteiger partial charge in [-0.1, -0.05) is 0 Å². The van der Waals surface area contributed by atoms with Gasteiger partial charge in [-0.2, -0.15) is 0 Å². The maximum Gasteiger partial charge on any atom is 0.232 e. The van der Waals surface area contributed by atoms with Crippen molar-refractivity contribution in [2.45, 2.75) is 13.0 Å². The summed E-state index contributed by atoms with van der Waals surface area (Å²) in [5, 5.41) is 0. The number of hydrogen-bond acceptors (Lipinski definition) is 4. The molecule has 0 aromatic heterocycles. The highest BCUT2D eigenvalue weighted by Crippen LogP contribution is 2.18. The fourth-order valence-corrected chi connectivity index (χ4v) is 2.58. The van der Waals surface area contributed by atoms with E-state index in [4.69, 9.17) is 10.5 Å². The van der Waals surface area contributed by atoms with Crippen LogP contribution in [-0.2, 0) is 21.3 Å². The first-order valence-electron chi connectivity index (χ1n) is 5.46. The van der Waals surface area contributed by atoms with Gasteiger partial charge in [0.15, 0.2) is 0 Å². The molecule has 18 heavy (non-hydrogen) atoms. The summed E-state index contributed by atoms with van der Waals surface area (Å²) in [5.41, 5.74) is 6.18. The summed E-state index contributed by atoms with van der Waals surface area (Å²) in [7, 11) is -1.95. The molecule has 0 aliphatic rings. The van der Waals surface area contributed by atoms with Gasteiger partial charge in [0.1, 0.15) is 5.82 Å². The minimum absolute atomic E-state index is 0.0533. The highest BCUT2D eigenvalue weighted by atomic mass is 32.2. The number of nitrogens with one attached hydrogen (secondary N) is 1. The molecule has 0 heterocycles. The van der Waals surface area contributed by atoms with Crippen LogP contribution in [0.25, 0.3) is 0 Å². The molecule has 1 aromatic rings. The summed E-state index contributed by atoms with van der Waals surface area (Å²) in [6.07, 6.45) is 0.394. The smallest absolute Gasteiger partial charge is 0.232 e. The summed E-state index contributed by atoms with van der Waals surface area (Å²) >= 11 is 0. The third-order valence-corrected chi connectivity index (χ3v) is 3.67. The Morgan fingerprint density at radius 1 is 1.44 bits per heavy atom. The van der Waals surface area contributed by atoms with E-state index in [0.29, 0.717) is 24.3 Å². The van der Waals surface area contributed by atoms with E-state index in [2.05, 4.69) is 4.72 Å². The van der Waals surface area contributed by atoms with Gasteiger partial charge in [0.05, 0.1) is 11.4 Å². The van der Waals surface area contributed by atoms with Crippen molar-refractivity contribution < 1.29 is 17.5 Å². The van der Waals surface area contributed by atoms with E-state index in [9.17, 15) is 12.8 Å². The first kappa shape index (κ1) is 14.9. The van der Waals surface area contributed by atoms with Crippen LogP contribution in [0, 0.1) is 5.82 Å². The van der Waals surface area contributed by atoms with Crippen LogP contribution in [0.3, 0.4) is 0 Å². The van der Waals surface area contributed by atoms with Crippen LogP contribution in [0.15, 0.2) is 18.2 Å². The van der Waals surface area contributed by atoms with Crippen molar-refractivity contribution in [3.63, 3.8) is 0 Å². The van der Waals surface area contributed by atoms with E-state index in [1.165, 1.54) is 25.3 Å². The largest absolute Gasteiger partial charge is 0.385 e. The van der Waals surface area contributed by atoms with Crippen molar-refractivity contribution in [1.82, 2.24) is 0 Å². The lowest BCUT2D eigenvalue weighted by molar-refractivity contribution is 0.199. The minimum Gasteiger partial charge on any atom is -0.385 e. The molecule has 7 heteroatoms. The zero-order chi connectivity index (χ0) is 13.6. The molecule has 0 bridgehead atoms. The average Bonchev–Trinajstić information content (AvgIpc) is 2.31. The number of hydrogen-bond donors (Lipinski definition) is 2. The molecule has 0 saturated carbocycles. The molecule has 102 valence electrons. The summed E-state index contributed by atoms with van der Waals surface area (Å²) in [4.78, 5) is 0. The van der Waals surface area contributed by atoms with Crippen LogP contribution >= 0.6 is 0 Å².